The van der Waals surface area contributed by atoms with Crippen molar-refractivity contribution in [3.05, 3.63) is 41.9 Å². The van der Waals surface area contributed by atoms with Crippen molar-refractivity contribution in [3.63, 3.8) is 0 Å². The lowest BCUT2D eigenvalue weighted by molar-refractivity contribution is 1.10. The number of H-pyrrole nitrogens is 1. The predicted molar refractivity (Wildman–Crippen MR) is 65.3 cm³/mol. The lowest BCUT2D eigenvalue weighted by atomic mass is 10.0. The van der Waals surface area contributed by atoms with E-state index in [4.69, 9.17) is 5.41 Å². The van der Waals surface area contributed by atoms with E-state index in [-0.39, 0.29) is 0 Å². The topological polar surface area (TPSA) is 51.7 Å². The van der Waals surface area contributed by atoms with Gasteiger partial charge >= 0.3 is 0 Å². The van der Waals surface area contributed by atoms with Crippen molar-refractivity contribution in [1.82, 2.24) is 10.3 Å². The van der Waals surface area contributed by atoms with E-state index in [1.165, 1.54) is 0 Å². The Morgan fingerprint density at radius 2 is 2.27 bits per heavy atom. The minimum Gasteiger partial charge on any atom is -0.394 e. The summed E-state index contributed by atoms with van der Waals surface area (Å²) in [5, 5.41) is 10.8. The molecule has 0 aromatic carbocycles. The molecule has 80 valence electrons. The number of hydrogen-bond acceptors (Lipinski definition) is 2. The minimum atomic E-state index is 0.478. The lowest BCUT2D eigenvalue weighted by Gasteiger charge is -2.03. The number of hydrogen-bond donors (Lipinski definition) is 3. The first-order valence-electron chi connectivity index (χ1n) is 4.84. The summed E-state index contributed by atoms with van der Waals surface area (Å²) in [6.07, 6.45) is 5.32. The lowest BCUT2D eigenvalue weighted by Crippen LogP contribution is -2.00. The molecule has 1 heterocycles. The number of allylic oxidation sites excluding steroid dienone is 2. The van der Waals surface area contributed by atoms with Crippen molar-refractivity contribution >= 4 is 11.3 Å². The summed E-state index contributed by atoms with van der Waals surface area (Å²) in [6, 6.07) is 0. The van der Waals surface area contributed by atoms with Crippen LogP contribution < -0.4 is 5.32 Å². The van der Waals surface area contributed by atoms with Crippen LogP contribution in [-0.4, -0.2) is 17.7 Å². The quantitative estimate of drug-likeness (QED) is 0.647. The van der Waals surface area contributed by atoms with E-state index >= 15 is 0 Å². The van der Waals surface area contributed by atoms with Crippen LogP contribution >= 0.6 is 0 Å². The van der Waals surface area contributed by atoms with E-state index < -0.39 is 0 Å². The third kappa shape index (κ3) is 2.37. The largest absolute Gasteiger partial charge is 0.394 e. The Morgan fingerprint density at radius 1 is 1.60 bits per heavy atom. The summed E-state index contributed by atoms with van der Waals surface area (Å²) >= 11 is 0. The van der Waals surface area contributed by atoms with Crippen LogP contribution in [0.15, 0.2) is 25.1 Å². The highest BCUT2D eigenvalue weighted by molar-refractivity contribution is 6.09. The molecule has 3 N–H and O–H groups in total. The van der Waals surface area contributed by atoms with Gasteiger partial charge in [-0.1, -0.05) is 6.58 Å². The third-order valence-electron chi connectivity index (χ3n) is 2.21. The fraction of sp³-hybridized carbons (Fsp3) is 0.250. The molecule has 0 atom stereocenters. The SMILES string of the molecule is C=C(C)c1c(C(=N)/C=C\NC)c[nH]c1C. The van der Waals surface area contributed by atoms with Gasteiger partial charge < -0.3 is 15.7 Å². The third-order valence-corrected chi connectivity index (χ3v) is 2.21. The normalized spacial score (nSPS) is 10.6. The van der Waals surface area contributed by atoms with Crippen LogP contribution in [0.3, 0.4) is 0 Å². The first-order valence-corrected chi connectivity index (χ1v) is 4.84. The zero-order chi connectivity index (χ0) is 11.4. The van der Waals surface area contributed by atoms with Gasteiger partial charge in [0.05, 0.1) is 5.71 Å². The zero-order valence-electron chi connectivity index (χ0n) is 9.44. The molecule has 0 spiro atoms. The molecule has 1 aromatic rings. The molecule has 1 rings (SSSR count). The summed E-state index contributed by atoms with van der Waals surface area (Å²) in [5.41, 5.74) is 4.45. The van der Waals surface area contributed by atoms with Crippen LogP contribution in [0.2, 0.25) is 0 Å². The average molecular weight is 203 g/mol. The Kier molecular flexibility index (Phi) is 3.50. The maximum absolute atomic E-state index is 7.89. The van der Waals surface area contributed by atoms with Gasteiger partial charge in [-0.2, -0.15) is 0 Å². The first-order chi connectivity index (χ1) is 7.07. The van der Waals surface area contributed by atoms with E-state index in [1.54, 1.807) is 12.3 Å². The van der Waals surface area contributed by atoms with Crippen LogP contribution in [-0.2, 0) is 0 Å². The molecule has 0 fully saturated rings. The maximum atomic E-state index is 7.89. The minimum absolute atomic E-state index is 0.478. The van der Waals surface area contributed by atoms with Gasteiger partial charge in [0.25, 0.3) is 0 Å². The number of aromatic nitrogens is 1. The van der Waals surface area contributed by atoms with Gasteiger partial charge in [-0.3, -0.25) is 0 Å². The van der Waals surface area contributed by atoms with E-state index in [0.717, 1.165) is 22.4 Å². The van der Waals surface area contributed by atoms with Gasteiger partial charge in [0.1, 0.15) is 0 Å². The predicted octanol–water partition coefficient (Wildman–Crippen LogP) is 2.46. The Balaban J connectivity index is 3.09. The van der Waals surface area contributed by atoms with Crippen molar-refractivity contribution in [2.75, 3.05) is 7.05 Å². The Hall–Kier alpha value is -1.77. The van der Waals surface area contributed by atoms with Crippen LogP contribution in [0.1, 0.15) is 23.7 Å². The van der Waals surface area contributed by atoms with Gasteiger partial charge in [0, 0.05) is 30.1 Å². The smallest absolute Gasteiger partial charge is 0.0647 e. The number of nitrogens with one attached hydrogen (secondary N) is 3. The van der Waals surface area contributed by atoms with Crippen molar-refractivity contribution in [2.45, 2.75) is 13.8 Å². The summed E-state index contributed by atoms with van der Waals surface area (Å²) < 4.78 is 0. The van der Waals surface area contributed by atoms with Crippen molar-refractivity contribution in [1.29, 1.82) is 5.41 Å². The number of rotatable bonds is 4. The monoisotopic (exact) mass is 203 g/mol. The molecular weight excluding hydrogens is 186 g/mol. The molecule has 3 heteroatoms. The van der Waals surface area contributed by atoms with Gasteiger partial charge in [0.2, 0.25) is 0 Å². The molecule has 1 aromatic heterocycles. The van der Waals surface area contributed by atoms with Gasteiger partial charge in [-0.05, 0) is 31.7 Å². The molecule has 3 nitrogen and oxygen atoms in total. The van der Waals surface area contributed by atoms with E-state index in [0.29, 0.717) is 5.71 Å². The van der Waals surface area contributed by atoms with Crippen LogP contribution in [0.25, 0.3) is 5.57 Å². The highest BCUT2D eigenvalue weighted by Crippen LogP contribution is 2.21. The molecular formula is C12H17N3. The van der Waals surface area contributed by atoms with Gasteiger partial charge in [-0.15, -0.1) is 0 Å². The molecule has 0 saturated heterocycles. The van der Waals surface area contributed by atoms with Crippen LogP contribution in [0.5, 0.6) is 0 Å². The Labute approximate surface area is 90.4 Å². The molecule has 0 saturated carbocycles. The summed E-state index contributed by atoms with van der Waals surface area (Å²) in [4.78, 5) is 3.12. The highest BCUT2D eigenvalue weighted by atomic mass is 14.8. The molecule has 0 bridgehead atoms. The summed E-state index contributed by atoms with van der Waals surface area (Å²) in [5.74, 6) is 0. The second kappa shape index (κ2) is 4.64. The molecule has 0 radical (unpaired) electrons. The molecule has 15 heavy (non-hydrogen) atoms. The molecule has 0 unspecified atom stereocenters. The van der Waals surface area contributed by atoms with Crippen molar-refractivity contribution < 1.29 is 0 Å². The molecule has 0 aliphatic rings. The van der Waals surface area contributed by atoms with E-state index in [9.17, 15) is 0 Å². The van der Waals surface area contributed by atoms with Gasteiger partial charge in [0.15, 0.2) is 0 Å². The molecule has 0 aliphatic carbocycles. The number of aryl methyl sites for hydroxylation is 1. The maximum Gasteiger partial charge on any atom is 0.0647 e. The van der Waals surface area contributed by atoms with E-state index in [1.807, 2.05) is 27.1 Å². The highest BCUT2D eigenvalue weighted by Gasteiger charge is 2.10. The average Bonchev–Trinajstić information content (AvgIpc) is 2.56. The van der Waals surface area contributed by atoms with Crippen molar-refractivity contribution in [2.24, 2.45) is 0 Å². The molecule has 0 amide bonds. The van der Waals surface area contributed by atoms with Crippen LogP contribution in [0, 0.1) is 12.3 Å². The van der Waals surface area contributed by atoms with Crippen LogP contribution in [0.4, 0.5) is 0 Å². The van der Waals surface area contributed by atoms with Gasteiger partial charge in [-0.25, -0.2) is 0 Å². The summed E-state index contributed by atoms with van der Waals surface area (Å²) in [7, 11) is 1.81. The molecule has 0 aliphatic heterocycles. The number of aromatic amines is 1. The fourth-order valence-corrected chi connectivity index (χ4v) is 1.55. The first kappa shape index (κ1) is 11.3. The second-order valence-electron chi connectivity index (χ2n) is 3.52. The second-order valence-corrected chi connectivity index (χ2v) is 3.52. The summed E-state index contributed by atoms with van der Waals surface area (Å²) in [6.45, 7) is 7.87. The standard InChI is InChI=1S/C12H17N3/c1-8(2)12-9(3)15-7-10(12)11(13)5-6-14-4/h5-7,13-15H,1H2,2-4H3/b6-5-,13-11?. The van der Waals surface area contributed by atoms with E-state index in [2.05, 4.69) is 16.9 Å². The Bertz CT molecular complexity index is 411. The fourth-order valence-electron chi connectivity index (χ4n) is 1.55. The Morgan fingerprint density at radius 3 is 2.80 bits per heavy atom. The zero-order valence-corrected chi connectivity index (χ0v) is 9.44. The van der Waals surface area contributed by atoms with Crippen molar-refractivity contribution in [3.8, 4) is 0 Å².